The van der Waals surface area contributed by atoms with Crippen LogP contribution in [0.15, 0.2) is 47.4 Å². The van der Waals surface area contributed by atoms with Crippen molar-refractivity contribution in [2.45, 2.75) is 43.5 Å². The third-order valence-corrected chi connectivity index (χ3v) is 8.49. The summed E-state index contributed by atoms with van der Waals surface area (Å²) in [5.41, 5.74) is 1.13. The van der Waals surface area contributed by atoms with Crippen molar-refractivity contribution in [1.29, 1.82) is 0 Å². The SMILES string of the molecule is Cc1ccc(S(=O)(=O)N(CC(=O)N[C@@H]2C[C@H]3CC[C@@H]2C3)c2cc(Cl)ccc2Cl)cc1. The van der Waals surface area contributed by atoms with E-state index in [0.717, 1.165) is 29.1 Å². The number of nitrogens with zero attached hydrogens (tertiary/aromatic N) is 1. The molecule has 0 heterocycles. The van der Waals surface area contributed by atoms with Crippen LogP contribution in [0, 0.1) is 18.8 Å². The Balaban J connectivity index is 1.64. The van der Waals surface area contributed by atoms with E-state index < -0.39 is 10.0 Å². The maximum absolute atomic E-state index is 13.5. The van der Waals surface area contributed by atoms with Crippen LogP contribution in [-0.4, -0.2) is 26.9 Å². The molecule has 2 bridgehead atoms. The van der Waals surface area contributed by atoms with Gasteiger partial charge in [0.1, 0.15) is 6.54 Å². The van der Waals surface area contributed by atoms with Crippen LogP contribution >= 0.6 is 23.2 Å². The predicted octanol–water partition coefficient (Wildman–Crippen LogP) is 4.80. The lowest BCUT2D eigenvalue weighted by atomic mass is 9.95. The van der Waals surface area contributed by atoms with Gasteiger partial charge in [-0.05, 0) is 68.4 Å². The second kappa shape index (κ2) is 8.40. The van der Waals surface area contributed by atoms with Gasteiger partial charge in [-0.1, -0.05) is 47.3 Å². The molecule has 2 aromatic rings. The third-order valence-electron chi connectivity index (χ3n) is 6.16. The Kier molecular flexibility index (Phi) is 6.02. The van der Waals surface area contributed by atoms with Crippen LogP contribution in [0.2, 0.25) is 10.0 Å². The lowest BCUT2D eigenvalue weighted by molar-refractivity contribution is -0.120. The summed E-state index contributed by atoms with van der Waals surface area (Å²) >= 11 is 12.4. The van der Waals surface area contributed by atoms with E-state index in [1.165, 1.54) is 30.7 Å². The van der Waals surface area contributed by atoms with Gasteiger partial charge < -0.3 is 5.32 Å². The number of halogens is 2. The molecule has 1 N–H and O–H groups in total. The highest BCUT2D eigenvalue weighted by atomic mass is 35.5. The van der Waals surface area contributed by atoms with Gasteiger partial charge in [0.05, 0.1) is 15.6 Å². The van der Waals surface area contributed by atoms with Gasteiger partial charge in [-0.15, -0.1) is 0 Å². The number of hydrogen-bond acceptors (Lipinski definition) is 3. The molecule has 5 nitrogen and oxygen atoms in total. The lowest BCUT2D eigenvalue weighted by Crippen LogP contribution is -2.46. The van der Waals surface area contributed by atoms with Gasteiger partial charge in [-0.3, -0.25) is 9.10 Å². The summed E-state index contributed by atoms with van der Waals surface area (Å²) in [6, 6.07) is 11.2. The number of sulfonamides is 1. The Labute approximate surface area is 187 Å². The van der Waals surface area contributed by atoms with Crippen LogP contribution < -0.4 is 9.62 Å². The average Bonchev–Trinajstić information content (AvgIpc) is 3.31. The third kappa shape index (κ3) is 4.32. The molecular weight excluding hydrogens is 443 g/mol. The zero-order chi connectivity index (χ0) is 21.5. The van der Waals surface area contributed by atoms with E-state index in [1.54, 1.807) is 18.2 Å². The van der Waals surface area contributed by atoms with Crippen LogP contribution in [0.4, 0.5) is 5.69 Å². The van der Waals surface area contributed by atoms with Gasteiger partial charge in [0.25, 0.3) is 10.0 Å². The van der Waals surface area contributed by atoms with Crippen LogP contribution in [0.3, 0.4) is 0 Å². The molecule has 8 heteroatoms. The maximum Gasteiger partial charge on any atom is 0.264 e. The zero-order valence-corrected chi connectivity index (χ0v) is 19.0. The lowest BCUT2D eigenvalue weighted by Gasteiger charge is -2.28. The van der Waals surface area contributed by atoms with Crippen LogP contribution in [-0.2, 0) is 14.8 Å². The molecule has 2 saturated carbocycles. The van der Waals surface area contributed by atoms with Crippen molar-refractivity contribution in [2.24, 2.45) is 11.8 Å². The summed E-state index contributed by atoms with van der Waals surface area (Å²) in [6.07, 6.45) is 4.47. The van der Waals surface area contributed by atoms with Crippen molar-refractivity contribution in [3.63, 3.8) is 0 Å². The first kappa shape index (κ1) is 21.5. The van der Waals surface area contributed by atoms with E-state index in [1.807, 2.05) is 6.92 Å². The maximum atomic E-state index is 13.5. The van der Waals surface area contributed by atoms with Gasteiger partial charge in [0.2, 0.25) is 5.91 Å². The van der Waals surface area contributed by atoms with E-state index in [4.69, 9.17) is 23.2 Å². The van der Waals surface area contributed by atoms with Crippen molar-refractivity contribution in [2.75, 3.05) is 10.8 Å². The fourth-order valence-corrected chi connectivity index (χ4v) is 6.49. The minimum atomic E-state index is -4.02. The van der Waals surface area contributed by atoms with E-state index in [-0.39, 0.29) is 34.1 Å². The molecule has 0 spiro atoms. The molecule has 2 aromatic carbocycles. The Morgan fingerprint density at radius 2 is 1.83 bits per heavy atom. The molecule has 4 rings (SSSR count). The number of rotatable bonds is 6. The number of carbonyl (C=O) groups is 1. The normalized spacial score (nSPS) is 22.8. The molecule has 0 aromatic heterocycles. The minimum Gasteiger partial charge on any atom is -0.352 e. The highest BCUT2D eigenvalue weighted by molar-refractivity contribution is 7.92. The summed E-state index contributed by atoms with van der Waals surface area (Å²) in [5, 5.41) is 3.61. The van der Waals surface area contributed by atoms with E-state index in [9.17, 15) is 13.2 Å². The Bertz CT molecular complexity index is 1060. The molecular formula is C22H24Cl2N2O3S. The molecule has 0 saturated heterocycles. The predicted molar refractivity (Wildman–Crippen MR) is 120 cm³/mol. The van der Waals surface area contributed by atoms with E-state index in [2.05, 4.69) is 5.32 Å². The average molecular weight is 467 g/mol. The molecule has 0 radical (unpaired) electrons. The van der Waals surface area contributed by atoms with Crippen LogP contribution in [0.25, 0.3) is 0 Å². The summed E-state index contributed by atoms with van der Waals surface area (Å²) in [5.74, 6) is 0.838. The molecule has 2 fully saturated rings. The Hall–Kier alpha value is -1.76. The van der Waals surface area contributed by atoms with Crippen molar-refractivity contribution in [1.82, 2.24) is 5.32 Å². The first-order valence-electron chi connectivity index (χ1n) is 10.1. The second-order valence-electron chi connectivity index (χ2n) is 8.27. The minimum absolute atomic E-state index is 0.0943. The number of carbonyl (C=O) groups excluding carboxylic acids is 1. The van der Waals surface area contributed by atoms with Gasteiger partial charge in [-0.2, -0.15) is 0 Å². The number of anilines is 1. The standard InChI is InChI=1S/C22H24Cl2N2O3S/c1-14-2-7-18(8-3-14)30(28,29)26(21-12-17(23)6-9-19(21)24)13-22(27)25-20-11-15-4-5-16(20)10-15/h2-3,6-9,12,15-16,20H,4-5,10-11,13H2,1H3,(H,25,27)/t15-,16+,20+/m0/s1. The van der Waals surface area contributed by atoms with Gasteiger partial charge in [-0.25, -0.2) is 8.42 Å². The smallest absolute Gasteiger partial charge is 0.264 e. The Morgan fingerprint density at radius 3 is 2.47 bits per heavy atom. The summed E-state index contributed by atoms with van der Waals surface area (Å²) < 4.78 is 28.0. The number of hydrogen-bond donors (Lipinski definition) is 1. The van der Waals surface area contributed by atoms with Crippen molar-refractivity contribution in [3.05, 3.63) is 58.1 Å². The number of benzene rings is 2. The van der Waals surface area contributed by atoms with Crippen molar-refractivity contribution >= 4 is 44.8 Å². The van der Waals surface area contributed by atoms with Crippen LogP contribution in [0.1, 0.15) is 31.2 Å². The molecule has 1 amide bonds. The highest BCUT2D eigenvalue weighted by Crippen LogP contribution is 2.44. The van der Waals surface area contributed by atoms with Crippen LogP contribution in [0.5, 0.6) is 0 Å². The molecule has 2 aliphatic carbocycles. The molecule has 3 atom stereocenters. The highest BCUT2D eigenvalue weighted by Gasteiger charge is 2.40. The molecule has 30 heavy (non-hydrogen) atoms. The van der Waals surface area contributed by atoms with E-state index >= 15 is 0 Å². The molecule has 0 aliphatic heterocycles. The number of amides is 1. The first-order valence-corrected chi connectivity index (χ1v) is 12.3. The molecule has 160 valence electrons. The van der Waals surface area contributed by atoms with Gasteiger partial charge >= 0.3 is 0 Å². The number of aryl methyl sites for hydroxylation is 1. The monoisotopic (exact) mass is 466 g/mol. The van der Waals surface area contributed by atoms with Gasteiger partial charge in [0.15, 0.2) is 0 Å². The van der Waals surface area contributed by atoms with Gasteiger partial charge in [0, 0.05) is 11.1 Å². The topological polar surface area (TPSA) is 66.5 Å². The number of nitrogens with one attached hydrogen (secondary N) is 1. The summed E-state index contributed by atoms with van der Waals surface area (Å²) in [4.78, 5) is 13.0. The van der Waals surface area contributed by atoms with Crippen molar-refractivity contribution in [3.8, 4) is 0 Å². The first-order chi connectivity index (χ1) is 14.2. The quantitative estimate of drug-likeness (QED) is 0.664. The van der Waals surface area contributed by atoms with E-state index in [0.29, 0.717) is 16.9 Å². The Morgan fingerprint density at radius 1 is 1.10 bits per heavy atom. The summed E-state index contributed by atoms with van der Waals surface area (Å²) in [6.45, 7) is 1.52. The molecule has 0 unspecified atom stereocenters. The fraction of sp³-hybridized carbons (Fsp3) is 0.409. The zero-order valence-electron chi connectivity index (χ0n) is 16.6. The second-order valence-corrected chi connectivity index (χ2v) is 11.0. The largest absolute Gasteiger partial charge is 0.352 e. The number of fused-ring (bicyclic) bond motifs is 2. The fourth-order valence-electron chi connectivity index (χ4n) is 4.62. The summed E-state index contributed by atoms with van der Waals surface area (Å²) in [7, 11) is -4.02. The van der Waals surface area contributed by atoms with Crippen molar-refractivity contribution < 1.29 is 13.2 Å². The molecule has 2 aliphatic rings.